The Morgan fingerprint density at radius 2 is 1.88 bits per heavy atom. The van der Waals surface area contributed by atoms with Crippen LogP contribution >= 0.6 is 0 Å². The van der Waals surface area contributed by atoms with Crippen molar-refractivity contribution >= 4 is 51.1 Å². The second kappa shape index (κ2) is 9.53. The van der Waals surface area contributed by atoms with Gasteiger partial charge in [-0.25, -0.2) is 4.79 Å². The number of methoxy groups -OCH3 is 1. The summed E-state index contributed by atoms with van der Waals surface area (Å²) in [7, 11) is 3.15. The Hall–Kier alpha value is -5.02. The van der Waals surface area contributed by atoms with Gasteiger partial charge in [0.05, 0.1) is 30.8 Å². The number of hydrogen-bond acceptors (Lipinski definition) is 5. The van der Waals surface area contributed by atoms with Gasteiger partial charge >= 0.3 is 11.9 Å². The van der Waals surface area contributed by atoms with Crippen LogP contribution in [0.25, 0.3) is 32.9 Å². The highest BCUT2D eigenvalue weighted by molar-refractivity contribution is 6.27. The number of aromatic nitrogens is 1. The number of imide groups is 1. The molecule has 3 aromatic carbocycles. The minimum absolute atomic E-state index is 0.334. The first-order chi connectivity index (χ1) is 19.9. The summed E-state index contributed by atoms with van der Waals surface area (Å²) in [5, 5.41) is 12.2. The zero-order chi connectivity index (χ0) is 30.1. The highest BCUT2D eigenvalue weighted by Crippen LogP contribution is 2.41. The fourth-order valence-electron chi connectivity index (χ4n) is 6.02. The molecular formula is C33H31N4O5+. The number of carbonyl (C=O) groups excluding carboxylic acids is 3. The number of allylic oxidation sites excluding steroid dienone is 3. The van der Waals surface area contributed by atoms with E-state index in [1.54, 1.807) is 51.3 Å². The van der Waals surface area contributed by atoms with Crippen molar-refractivity contribution < 1.29 is 28.8 Å². The molecule has 0 saturated heterocycles. The van der Waals surface area contributed by atoms with Crippen molar-refractivity contribution in [2.45, 2.75) is 26.4 Å². The number of aliphatic hydroxyl groups is 1. The Kier molecular flexibility index (Phi) is 6.16. The molecule has 9 heteroatoms. The molecular weight excluding hydrogens is 532 g/mol. The number of benzene rings is 3. The van der Waals surface area contributed by atoms with E-state index in [2.05, 4.69) is 4.98 Å². The van der Waals surface area contributed by atoms with Crippen molar-refractivity contribution in [3.05, 3.63) is 89.2 Å². The van der Waals surface area contributed by atoms with Crippen molar-refractivity contribution in [1.82, 2.24) is 4.98 Å². The van der Waals surface area contributed by atoms with Crippen LogP contribution in [0.3, 0.4) is 0 Å². The minimum atomic E-state index is -1.06. The van der Waals surface area contributed by atoms with Gasteiger partial charge in [-0.15, -0.1) is 4.90 Å². The van der Waals surface area contributed by atoms with E-state index in [-0.39, 0.29) is 5.91 Å². The number of nitrogens with zero attached hydrogens (tertiary/aromatic N) is 2. The summed E-state index contributed by atoms with van der Waals surface area (Å²) in [5.74, 6) is -1.14. The zero-order valence-electron chi connectivity index (χ0n) is 24.0. The molecule has 0 bridgehead atoms. The molecule has 1 aliphatic heterocycles. The predicted octanol–water partition coefficient (Wildman–Crippen LogP) is 4.89. The molecule has 1 aromatic heterocycles. The zero-order valence-corrected chi connectivity index (χ0v) is 24.0. The summed E-state index contributed by atoms with van der Waals surface area (Å²) in [6.45, 7) is 5.29. The van der Waals surface area contributed by atoms with Crippen LogP contribution in [0.4, 0.5) is 10.5 Å². The number of carbonyl (C=O) groups is 3. The van der Waals surface area contributed by atoms with Crippen molar-refractivity contribution in [2.75, 3.05) is 19.1 Å². The monoisotopic (exact) mass is 563 g/mol. The third-order valence-electron chi connectivity index (χ3n) is 8.21. The van der Waals surface area contributed by atoms with E-state index in [0.717, 1.165) is 27.4 Å². The van der Waals surface area contributed by atoms with Crippen molar-refractivity contribution in [3.63, 3.8) is 0 Å². The normalized spacial score (nSPS) is 17.2. The van der Waals surface area contributed by atoms with Crippen LogP contribution in [-0.4, -0.2) is 52.4 Å². The van der Waals surface area contributed by atoms with Crippen LogP contribution in [0, 0.1) is 12.8 Å². The van der Waals surface area contributed by atoms with E-state index in [1.165, 1.54) is 16.6 Å². The van der Waals surface area contributed by atoms with E-state index < -0.39 is 23.5 Å². The Balaban J connectivity index is 1.56. The molecule has 0 radical (unpaired) electrons. The number of urea groups is 1. The number of fused-ring (bicyclic) bond motifs is 4. The third kappa shape index (κ3) is 3.96. The molecule has 0 saturated carbocycles. The number of rotatable bonds is 5. The molecule has 42 heavy (non-hydrogen) atoms. The average molecular weight is 564 g/mol. The molecule has 1 atom stereocenters. The lowest BCUT2D eigenvalue weighted by Crippen LogP contribution is -2.54. The lowest BCUT2D eigenvalue weighted by atomic mass is 9.90. The van der Waals surface area contributed by atoms with Crippen LogP contribution in [0.2, 0.25) is 0 Å². The molecule has 0 fully saturated rings. The molecule has 0 spiro atoms. The molecule has 9 nitrogen and oxygen atoms in total. The van der Waals surface area contributed by atoms with E-state index >= 15 is 0 Å². The van der Waals surface area contributed by atoms with Crippen LogP contribution in [0.15, 0.2) is 72.5 Å². The molecule has 2 aliphatic rings. The minimum Gasteiger partial charge on any atom is -0.493 e. The number of nitrogens with two attached hydrogens (primary N) is 1. The molecule has 6 rings (SSSR count). The number of amides is 4. The maximum absolute atomic E-state index is 13.8. The molecule has 1 aliphatic carbocycles. The van der Waals surface area contributed by atoms with Crippen molar-refractivity contribution in [2.24, 2.45) is 11.7 Å². The first kappa shape index (κ1) is 27.2. The van der Waals surface area contributed by atoms with E-state index in [1.807, 2.05) is 43.3 Å². The first-order valence-electron chi connectivity index (χ1n) is 13.6. The molecule has 4 aromatic rings. The van der Waals surface area contributed by atoms with Gasteiger partial charge in [0, 0.05) is 21.9 Å². The number of hydrogen-bond donors (Lipinski definition) is 3. The lowest BCUT2D eigenvalue weighted by molar-refractivity contribution is -0.395. The number of primary amides is 1. The smallest absolute Gasteiger partial charge is 0.493 e. The van der Waals surface area contributed by atoms with Gasteiger partial charge in [-0.05, 0) is 61.7 Å². The Labute approximate surface area is 242 Å². The van der Waals surface area contributed by atoms with Crippen LogP contribution < -0.4 is 10.6 Å². The number of aromatic amines is 1. The van der Waals surface area contributed by atoms with Gasteiger partial charge in [-0.1, -0.05) is 42.5 Å². The lowest BCUT2D eigenvalue weighted by Gasteiger charge is -2.28. The molecule has 1 unspecified atom stereocenters. The summed E-state index contributed by atoms with van der Waals surface area (Å²) in [5.41, 5.74) is 10.3. The summed E-state index contributed by atoms with van der Waals surface area (Å²) >= 11 is 0. The molecule has 212 valence electrons. The highest BCUT2D eigenvalue weighted by Gasteiger charge is 2.49. The quantitative estimate of drug-likeness (QED) is 0.298. The van der Waals surface area contributed by atoms with E-state index in [9.17, 15) is 19.5 Å². The maximum Gasteiger partial charge on any atom is 0.506 e. The second-order valence-electron chi connectivity index (χ2n) is 11.2. The Morgan fingerprint density at radius 1 is 1.12 bits per heavy atom. The number of anilines is 1. The van der Waals surface area contributed by atoms with Gasteiger partial charge in [-0.2, -0.15) is 9.37 Å². The summed E-state index contributed by atoms with van der Waals surface area (Å²) in [4.78, 5) is 44.4. The molecule has 4 N–H and O–H groups in total. The first-order valence-corrected chi connectivity index (χ1v) is 13.6. The SMILES string of the molecule is COC1=CC=CC2C(=O)N(c3cccc(-c4ccc(C(N)=O)c5[nH]c6cc(C(C)(C)O)ccc6c45)c3C)C(=O)[N+](C)=C12. The van der Waals surface area contributed by atoms with Crippen molar-refractivity contribution in [1.29, 1.82) is 0 Å². The van der Waals surface area contributed by atoms with Gasteiger partial charge in [0.1, 0.15) is 11.6 Å². The fourth-order valence-corrected chi connectivity index (χ4v) is 6.02. The van der Waals surface area contributed by atoms with Crippen LogP contribution in [0.1, 0.15) is 35.3 Å². The summed E-state index contributed by atoms with van der Waals surface area (Å²) in [6.07, 6.45) is 5.25. The maximum atomic E-state index is 13.8. The van der Waals surface area contributed by atoms with Gasteiger partial charge in [0.15, 0.2) is 11.5 Å². The van der Waals surface area contributed by atoms with E-state index in [0.29, 0.717) is 39.4 Å². The van der Waals surface area contributed by atoms with Crippen molar-refractivity contribution in [3.8, 4) is 11.1 Å². The Bertz CT molecular complexity index is 1950. The summed E-state index contributed by atoms with van der Waals surface area (Å²) < 4.78 is 6.90. The highest BCUT2D eigenvalue weighted by atomic mass is 16.5. The van der Waals surface area contributed by atoms with Crippen LogP contribution in [-0.2, 0) is 15.1 Å². The number of nitrogens with one attached hydrogen (secondary N) is 1. The number of H-pyrrole nitrogens is 1. The van der Waals surface area contributed by atoms with Gasteiger partial charge < -0.3 is 20.6 Å². The van der Waals surface area contributed by atoms with Gasteiger partial charge in [0.25, 0.3) is 5.91 Å². The topological polar surface area (TPSA) is 129 Å². The largest absolute Gasteiger partial charge is 0.506 e. The third-order valence-corrected chi connectivity index (χ3v) is 8.21. The van der Waals surface area contributed by atoms with Gasteiger partial charge in [-0.3, -0.25) is 4.79 Å². The molecule has 2 heterocycles. The summed E-state index contributed by atoms with van der Waals surface area (Å²) in [6, 6.07) is 14.2. The van der Waals surface area contributed by atoms with Gasteiger partial charge in [0.2, 0.25) is 0 Å². The second-order valence-corrected chi connectivity index (χ2v) is 11.2. The number of ether oxygens (including phenoxy) is 1. The average Bonchev–Trinajstić information content (AvgIpc) is 3.34. The van der Waals surface area contributed by atoms with E-state index in [4.69, 9.17) is 10.5 Å². The Morgan fingerprint density at radius 3 is 2.57 bits per heavy atom. The standard InChI is InChI=1S/C33H30N4O5/c1-17-19(8-6-10-25(17)37-31(39)23-9-7-11-26(42-5)29(23)36(4)32(37)40)20-14-15-22(30(34)38)28-27(20)21-13-12-18(33(2,3)41)16-24(21)35-28/h6-16,23,41H,1-5H3,(H2-,34,35,38)/p+1. The fraction of sp³-hybridized carbons (Fsp3) is 0.212. The predicted molar refractivity (Wildman–Crippen MR) is 162 cm³/mol. The van der Waals surface area contributed by atoms with Crippen LogP contribution in [0.5, 0.6) is 0 Å². The molecule has 4 amide bonds.